The van der Waals surface area contributed by atoms with Gasteiger partial charge in [0.2, 0.25) is 5.82 Å². The van der Waals surface area contributed by atoms with Gasteiger partial charge in [0.1, 0.15) is 6.33 Å². The van der Waals surface area contributed by atoms with E-state index in [9.17, 15) is 4.79 Å². The van der Waals surface area contributed by atoms with Gasteiger partial charge in [-0.1, -0.05) is 25.1 Å². The molecule has 4 rings (SSSR count). The van der Waals surface area contributed by atoms with E-state index in [-0.39, 0.29) is 5.91 Å². The molecule has 0 bridgehead atoms. The fourth-order valence-corrected chi connectivity index (χ4v) is 3.54. The largest absolute Gasteiger partial charge is 0.315 e. The molecule has 6 nitrogen and oxygen atoms in total. The minimum Gasteiger partial charge on any atom is -0.315 e. The fraction of sp³-hybridized carbons (Fsp3) is 0.471. The van der Waals surface area contributed by atoms with Crippen LogP contribution in [0.15, 0.2) is 30.6 Å². The smallest absolute Gasteiger partial charge is 0.297 e. The molecule has 2 aliphatic rings. The van der Waals surface area contributed by atoms with Crippen LogP contribution in [-0.4, -0.2) is 40.3 Å². The number of rotatable bonds is 2. The van der Waals surface area contributed by atoms with Crippen molar-refractivity contribution in [1.29, 1.82) is 0 Å². The molecule has 6 heteroatoms. The van der Waals surface area contributed by atoms with Gasteiger partial charge < -0.3 is 10.2 Å². The lowest BCUT2D eigenvalue weighted by Crippen LogP contribution is -2.33. The summed E-state index contributed by atoms with van der Waals surface area (Å²) >= 11 is 0. The van der Waals surface area contributed by atoms with Crippen molar-refractivity contribution < 1.29 is 4.79 Å². The molecule has 0 radical (unpaired) electrons. The molecule has 1 fully saturated rings. The summed E-state index contributed by atoms with van der Waals surface area (Å²) < 4.78 is 1.84. The molecule has 2 atom stereocenters. The average Bonchev–Trinajstić information content (AvgIpc) is 3.21. The third-order valence-electron chi connectivity index (χ3n) is 4.80. The quantitative estimate of drug-likeness (QED) is 0.921. The van der Waals surface area contributed by atoms with Crippen molar-refractivity contribution >= 4 is 11.6 Å². The van der Waals surface area contributed by atoms with E-state index in [4.69, 9.17) is 0 Å². The second-order valence-electron chi connectivity index (χ2n) is 6.42. The van der Waals surface area contributed by atoms with E-state index >= 15 is 0 Å². The van der Waals surface area contributed by atoms with Crippen molar-refractivity contribution in [2.75, 3.05) is 24.5 Å². The number of anilines is 1. The number of fused-ring (bicyclic) bond motifs is 1. The normalized spacial score (nSPS) is 23.8. The molecule has 120 valence electrons. The Hall–Kier alpha value is -2.21. The van der Waals surface area contributed by atoms with Crippen LogP contribution in [0.25, 0.3) is 0 Å². The first-order valence-electron chi connectivity index (χ1n) is 8.26. The predicted molar refractivity (Wildman–Crippen MR) is 87.7 cm³/mol. The Morgan fingerprint density at radius 2 is 2.22 bits per heavy atom. The summed E-state index contributed by atoms with van der Waals surface area (Å²) in [5, 5.41) is 7.81. The van der Waals surface area contributed by atoms with Crippen LogP contribution >= 0.6 is 0 Å². The Labute approximate surface area is 135 Å². The lowest BCUT2D eigenvalue weighted by molar-refractivity contribution is 0.0977. The third-order valence-corrected chi connectivity index (χ3v) is 4.80. The lowest BCUT2D eigenvalue weighted by Gasteiger charge is -2.22. The second-order valence-corrected chi connectivity index (χ2v) is 6.42. The average molecular weight is 311 g/mol. The van der Waals surface area contributed by atoms with Crippen LogP contribution < -0.4 is 10.2 Å². The minimum absolute atomic E-state index is 0.107. The number of benzene rings is 1. The number of hydrogen-bond acceptors (Lipinski definition) is 4. The maximum atomic E-state index is 12.8. The molecule has 0 unspecified atom stereocenters. The van der Waals surface area contributed by atoms with E-state index in [0.29, 0.717) is 24.3 Å². The summed E-state index contributed by atoms with van der Waals surface area (Å²) in [4.78, 5) is 18.9. The number of piperidine rings is 1. The van der Waals surface area contributed by atoms with Crippen molar-refractivity contribution in [2.24, 2.45) is 0 Å². The summed E-state index contributed by atoms with van der Waals surface area (Å²) in [6.07, 6.45) is 3.90. The first-order chi connectivity index (χ1) is 11.2. The Balaban J connectivity index is 1.57. The second kappa shape index (κ2) is 5.77. The SMILES string of the molecule is C[C@@H]1CN(C(=O)c2ncn([C@@H]3CCCNC3)n2)c2ccccc21. The van der Waals surface area contributed by atoms with Crippen LogP contribution in [0.4, 0.5) is 5.69 Å². The van der Waals surface area contributed by atoms with E-state index in [1.165, 1.54) is 5.56 Å². The standard InChI is InChI=1S/C17H21N5O/c1-12-10-21(15-7-3-2-6-14(12)15)17(23)16-19-11-22(20-16)13-5-4-8-18-9-13/h2-3,6-7,11-13,18H,4-5,8-10H2,1H3/t12-,13-/m1/s1. The van der Waals surface area contributed by atoms with Crippen LogP contribution in [0.2, 0.25) is 0 Å². The number of aromatic nitrogens is 3. The number of amides is 1. The molecular weight excluding hydrogens is 290 g/mol. The Bertz CT molecular complexity index is 719. The molecule has 1 saturated heterocycles. The maximum Gasteiger partial charge on any atom is 0.297 e. The van der Waals surface area contributed by atoms with Crippen LogP contribution in [0.3, 0.4) is 0 Å². The van der Waals surface area contributed by atoms with Crippen LogP contribution in [0.1, 0.15) is 47.9 Å². The maximum absolute atomic E-state index is 12.8. The van der Waals surface area contributed by atoms with Crippen molar-refractivity contribution in [3.8, 4) is 0 Å². The summed E-state index contributed by atoms with van der Waals surface area (Å²) in [5.74, 6) is 0.531. The summed E-state index contributed by atoms with van der Waals surface area (Å²) in [5.41, 5.74) is 2.21. The van der Waals surface area contributed by atoms with Gasteiger partial charge in [0.05, 0.1) is 6.04 Å². The fourth-order valence-electron chi connectivity index (χ4n) is 3.54. The zero-order valence-corrected chi connectivity index (χ0v) is 13.3. The lowest BCUT2D eigenvalue weighted by atomic mass is 10.0. The first-order valence-corrected chi connectivity index (χ1v) is 8.26. The number of carbonyl (C=O) groups is 1. The molecular formula is C17H21N5O. The molecule has 1 aromatic heterocycles. The molecule has 0 aliphatic carbocycles. The van der Waals surface area contributed by atoms with Crippen molar-refractivity contribution in [3.63, 3.8) is 0 Å². The van der Waals surface area contributed by atoms with E-state index < -0.39 is 0 Å². The van der Waals surface area contributed by atoms with E-state index in [0.717, 1.165) is 31.6 Å². The van der Waals surface area contributed by atoms with E-state index in [2.05, 4.69) is 28.4 Å². The van der Waals surface area contributed by atoms with Gasteiger partial charge in [0.25, 0.3) is 5.91 Å². The number of hydrogen-bond donors (Lipinski definition) is 1. The van der Waals surface area contributed by atoms with Crippen LogP contribution in [-0.2, 0) is 0 Å². The van der Waals surface area contributed by atoms with Crippen molar-refractivity contribution in [2.45, 2.75) is 31.7 Å². The zero-order valence-electron chi connectivity index (χ0n) is 13.3. The monoisotopic (exact) mass is 311 g/mol. The number of nitrogens with zero attached hydrogens (tertiary/aromatic N) is 4. The first kappa shape index (κ1) is 14.4. The molecule has 0 saturated carbocycles. The zero-order chi connectivity index (χ0) is 15.8. The van der Waals surface area contributed by atoms with Gasteiger partial charge in [-0.2, -0.15) is 0 Å². The van der Waals surface area contributed by atoms with Crippen molar-refractivity contribution in [1.82, 2.24) is 20.1 Å². The highest BCUT2D eigenvalue weighted by Crippen LogP contribution is 2.36. The Kier molecular flexibility index (Phi) is 3.61. The number of nitrogens with one attached hydrogen (secondary N) is 1. The highest BCUT2D eigenvalue weighted by atomic mass is 16.2. The van der Waals surface area contributed by atoms with Gasteiger partial charge in [-0.15, -0.1) is 5.10 Å². The molecule has 2 aliphatic heterocycles. The number of para-hydroxylation sites is 1. The van der Waals surface area contributed by atoms with Crippen molar-refractivity contribution in [3.05, 3.63) is 42.0 Å². The molecule has 1 N–H and O–H groups in total. The molecule has 23 heavy (non-hydrogen) atoms. The minimum atomic E-state index is -0.107. The highest BCUT2D eigenvalue weighted by Gasteiger charge is 2.32. The molecule has 3 heterocycles. The van der Waals surface area contributed by atoms with Crippen LogP contribution in [0, 0.1) is 0 Å². The van der Waals surface area contributed by atoms with Gasteiger partial charge in [0, 0.05) is 24.7 Å². The van der Waals surface area contributed by atoms with Gasteiger partial charge in [-0.25, -0.2) is 9.67 Å². The Morgan fingerprint density at radius 3 is 3.04 bits per heavy atom. The third kappa shape index (κ3) is 2.53. The molecule has 0 spiro atoms. The highest BCUT2D eigenvalue weighted by molar-refractivity contribution is 6.05. The summed E-state index contributed by atoms with van der Waals surface area (Å²) in [6.45, 7) is 4.78. The van der Waals surface area contributed by atoms with Crippen LogP contribution in [0.5, 0.6) is 0 Å². The summed E-state index contributed by atoms with van der Waals surface area (Å²) in [7, 11) is 0. The Morgan fingerprint density at radius 1 is 1.35 bits per heavy atom. The van der Waals surface area contributed by atoms with Gasteiger partial charge in [-0.05, 0) is 31.0 Å². The molecule has 2 aromatic rings. The summed E-state index contributed by atoms with van der Waals surface area (Å²) in [6, 6.07) is 8.37. The van der Waals surface area contributed by atoms with Gasteiger partial charge in [0.15, 0.2) is 0 Å². The van der Waals surface area contributed by atoms with Gasteiger partial charge >= 0.3 is 0 Å². The van der Waals surface area contributed by atoms with E-state index in [1.54, 1.807) is 11.2 Å². The molecule has 1 aromatic carbocycles. The predicted octanol–water partition coefficient (Wildman–Crippen LogP) is 1.97. The van der Waals surface area contributed by atoms with E-state index in [1.807, 2.05) is 22.9 Å². The molecule has 1 amide bonds. The number of carbonyl (C=O) groups excluding carboxylic acids is 1. The topological polar surface area (TPSA) is 63.1 Å². The van der Waals surface area contributed by atoms with Gasteiger partial charge in [-0.3, -0.25) is 4.79 Å².